The number of halogens is 1. The predicted molar refractivity (Wildman–Crippen MR) is 94.6 cm³/mol. The van der Waals surface area contributed by atoms with Crippen LogP contribution in [0.5, 0.6) is 0 Å². The summed E-state index contributed by atoms with van der Waals surface area (Å²) in [6, 6.07) is 20.2. The van der Waals surface area contributed by atoms with Crippen LogP contribution in [0.3, 0.4) is 0 Å². The number of carbonyl (C=O) groups is 1. The molecular weight excluding hydrogens is 308 g/mol. The zero-order valence-corrected chi connectivity index (χ0v) is 13.8. The van der Waals surface area contributed by atoms with Crippen molar-refractivity contribution in [1.82, 2.24) is 4.90 Å². The summed E-state index contributed by atoms with van der Waals surface area (Å²) < 4.78 is 0. The predicted octanol–water partition coefficient (Wildman–Crippen LogP) is 3.90. The minimum absolute atomic E-state index is 0.291. The van der Waals surface area contributed by atoms with E-state index in [4.69, 9.17) is 11.6 Å². The van der Waals surface area contributed by atoms with Gasteiger partial charge in [-0.1, -0.05) is 48.5 Å². The lowest BCUT2D eigenvalue weighted by Gasteiger charge is -2.40. The van der Waals surface area contributed by atoms with Crippen LogP contribution in [0.2, 0.25) is 0 Å². The molecule has 1 aliphatic rings. The summed E-state index contributed by atoms with van der Waals surface area (Å²) in [6.07, 6.45) is 1.44. The highest BCUT2D eigenvalue weighted by atomic mass is 35.5. The second-order valence-electron chi connectivity index (χ2n) is 6.11. The lowest BCUT2D eigenvalue weighted by Crippen LogP contribution is -2.52. The summed E-state index contributed by atoms with van der Waals surface area (Å²) in [5, 5.41) is 3.08. The van der Waals surface area contributed by atoms with Crippen molar-refractivity contribution in [3.05, 3.63) is 66.2 Å². The highest BCUT2D eigenvalue weighted by molar-refractivity contribution is 6.66. The van der Waals surface area contributed by atoms with E-state index in [2.05, 4.69) is 34.5 Å². The van der Waals surface area contributed by atoms with Gasteiger partial charge in [-0.25, -0.2) is 0 Å². The summed E-state index contributed by atoms with van der Waals surface area (Å²) in [5.74, 6) is 0. The molecular formula is C19H21ClN2O. The van der Waals surface area contributed by atoms with Crippen LogP contribution in [0.15, 0.2) is 60.7 Å². The minimum atomic E-state index is -0.657. The Morgan fingerprint density at radius 1 is 1.00 bits per heavy atom. The van der Waals surface area contributed by atoms with E-state index in [0.717, 1.165) is 38.2 Å². The third-order valence-electron chi connectivity index (χ3n) is 4.49. The van der Waals surface area contributed by atoms with Crippen molar-refractivity contribution in [2.24, 2.45) is 0 Å². The molecule has 1 saturated heterocycles. The molecule has 23 heavy (non-hydrogen) atoms. The summed E-state index contributed by atoms with van der Waals surface area (Å²) in [7, 11) is 0. The van der Waals surface area contributed by atoms with Crippen molar-refractivity contribution in [2.45, 2.75) is 24.9 Å². The number of piperidine rings is 1. The number of carbonyl (C=O) groups excluding carboxylic acids is 1. The van der Waals surface area contributed by atoms with Crippen molar-refractivity contribution in [3.8, 4) is 0 Å². The molecule has 0 bridgehead atoms. The van der Waals surface area contributed by atoms with E-state index in [-0.39, 0.29) is 5.24 Å². The van der Waals surface area contributed by atoms with Gasteiger partial charge >= 0.3 is 0 Å². The molecule has 1 aliphatic heterocycles. The molecule has 3 rings (SSSR count). The molecule has 2 aromatic rings. The van der Waals surface area contributed by atoms with Gasteiger partial charge in [0.15, 0.2) is 0 Å². The van der Waals surface area contributed by atoms with Gasteiger partial charge < -0.3 is 5.32 Å². The van der Waals surface area contributed by atoms with E-state index < -0.39 is 5.54 Å². The molecule has 0 unspecified atom stereocenters. The number of likely N-dealkylation sites (tertiary alicyclic amines) is 1. The molecule has 3 nitrogen and oxygen atoms in total. The van der Waals surface area contributed by atoms with Crippen LogP contribution in [-0.4, -0.2) is 28.8 Å². The zero-order valence-electron chi connectivity index (χ0n) is 13.0. The summed E-state index contributed by atoms with van der Waals surface area (Å²) in [4.78, 5) is 14.4. The van der Waals surface area contributed by atoms with Gasteiger partial charge in [0.1, 0.15) is 5.54 Å². The highest BCUT2D eigenvalue weighted by Crippen LogP contribution is 2.30. The maximum atomic E-state index is 12.1. The number of hydrogen-bond acceptors (Lipinski definition) is 3. The Morgan fingerprint density at radius 2 is 1.57 bits per heavy atom. The molecule has 0 aromatic heterocycles. The topological polar surface area (TPSA) is 32.3 Å². The lowest BCUT2D eigenvalue weighted by atomic mass is 9.88. The molecule has 120 valence electrons. The Hall–Kier alpha value is -1.84. The fourth-order valence-corrected chi connectivity index (χ4v) is 3.34. The summed E-state index contributed by atoms with van der Waals surface area (Å²) in [6.45, 7) is 2.62. The monoisotopic (exact) mass is 328 g/mol. The van der Waals surface area contributed by atoms with Gasteiger partial charge in [0.25, 0.3) is 0 Å². The molecule has 0 spiro atoms. The average molecular weight is 329 g/mol. The zero-order chi connectivity index (χ0) is 16.1. The Bertz CT molecular complexity index is 637. The molecule has 0 aliphatic carbocycles. The van der Waals surface area contributed by atoms with Gasteiger partial charge in [0.05, 0.1) is 0 Å². The third-order valence-corrected chi connectivity index (χ3v) is 4.85. The first-order valence-corrected chi connectivity index (χ1v) is 8.35. The first-order chi connectivity index (χ1) is 11.2. The van der Waals surface area contributed by atoms with Gasteiger partial charge in [-0.2, -0.15) is 0 Å². The quantitative estimate of drug-likeness (QED) is 0.845. The number of benzene rings is 2. The average Bonchev–Trinajstić information content (AvgIpc) is 2.58. The molecule has 4 heteroatoms. The fourth-order valence-electron chi connectivity index (χ4n) is 3.10. The van der Waals surface area contributed by atoms with Crippen molar-refractivity contribution < 1.29 is 4.79 Å². The molecule has 0 radical (unpaired) electrons. The van der Waals surface area contributed by atoms with Crippen LogP contribution >= 0.6 is 11.6 Å². The molecule has 0 amide bonds. The molecule has 0 atom stereocenters. The molecule has 0 saturated carbocycles. The second-order valence-corrected chi connectivity index (χ2v) is 6.45. The number of hydrogen-bond donors (Lipinski definition) is 1. The Morgan fingerprint density at radius 3 is 2.13 bits per heavy atom. The van der Waals surface area contributed by atoms with E-state index in [1.807, 2.05) is 36.4 Å². The Kier molecular flexibility index (Phi) is 4.99. The van der Waals surface area contributed by atoms with E-state index in [0.29, 0.717) is 0 Å². The van der Waals surface area contributed by atoms with E-state index in [1.165, 1.54) is 5.56 Å². The van der Waals surface area contributed by atoms with Gasteiger partial charge in [-0.05, 0) is 42.1 Å². The van der Waals surface area contributed by atoms with E-state index >= 15 is 0 Å². The number of rotatable bonds is 5. The molecule has 2 aromatic carbocycles. The molecule has 1 fully saturated rings. The van der Waals surface area contributed by atoms with Crippen molar-refractivity contribution in [1.29, 1.82) is 0 Å². The molecule has 1 heterocycles. The fraction of sp³-hybridized carbons (Fsp3) is 0.316. The van der Waals surface area contributed by atoms with Gasteiger partial charge in [0.2, 0.25) is 5.24 Å². The standard InChI is InChI=1S/C19H21ClN2O/c20-18(23)19(21-17-9-5-2-6-10-17)11-13-22(14-12-19)15-16-7-3-1-4-8-16/h1-10,21H,11-15H2. The second kappa shape index (κ2) is 7.16. The normalized spacial score (nSPS) is 17.6. The van der Waals surface area contributed by atoms with Crippen molar-refractivity contribution >= 4 is 22.5 Å². The number of para-hydroxylation sites is 1. The molecule has 1 N–H and O–H groups in total. The van der Waals surface area contributed by atoms with Gasteiger partial charge in [-0.15, -0.1) is 0 Å². The highest BCUT2D eigenvalue weighted by Gasteiger charge is 2.40. The van der Waals surface area contributed by atoms with Crippen LogP contribution in [-0.2, 0) is 11.3 Å². The van der Waals surface area contributed by atoms with Gasteiger partial charge in [-0.3, -0.25) is 9.69 Å². The van der Waals surface area contributed by atoms with Crippen LogP contribution in [0.4, 0.5) is 5.69 Å². The van der Waals surface area contributed by atoms with Crippen molar-refractivity contribution in [2.75, 3.05) is 18.4 Å². The van der Waals surface area contributed by atoms with Crippen LogP contribution < -0.4 is 5.32 Å². The van der Waals surface area contributed by atoms with E-state index in [9.17, 15) is 4.79 Å². The van der Waals surface area contributed by atoms with Gasteiger partial charge in [0, 0.05) is 25.3 Å². The largest absolute Gasteiger partial charge is 0.372 e. The first kappa shape index (κ1) is 16.0. The SMILES string of the molecule is O=C(Cl)C1(Nc2ccccc2)CCN(Cc2ccccc2)CC1. The summed E-state index contributed by atoms with van der Waals surface area (Å²) in [5.41, 5.74) is 1.59. The third kappa shape index (κ3) is 3.92. The lowest BCUT2D eigenvalue weighted by molar-refractivity contribution is -0.117. The van der Waals surface area contributed by atoms with E-state index in [1.54, 1.807) is 0 Å². The maximum Gasteiger partial charge on any atom is 0.247 e. The smallest absolute Gasteiger partial charge is 0.247 e. The minimum Gasteiger partial charge on any atom is -0.372 e. The summed E-state index contributed by atoms with van der Waals surface area (Å²) >= 11 is 5.95. The number of anilines is 1. The first-order valence-electron chi connectivity index (χ1n) is 7.97. The maximum absolute atomic E-state index is 12.1. The number of nitrogens with zero attached hydrogens (tertiary/aromatic N) is 1. The Balaban J connectivity index is 1.65. The van der Waals surface area contributed by atoms with Crippen LogP contribution in [0.1, 0.15) is 18.4 Å². The number of nitrogens with one attached hydrogen (secondary N) is 1. The van der Waals surface area contributed by atoms with Crippen LogP contribution in [0, 0.1) is 0 Å². The Labute approximate surface area is 142 Å². The van der Waals surface area contributed by atoms with Crippen LogP contribution in [0.25, 0.3) is 0 Å². The van der Waals surface area contributed by atoms with Crippen molar-refractivity contribution in [3.63, 3.8) is 0 Å².